The molecule has 1 aliphatic heterocycles. The summed E-state index contributed by atoms with van der Waals surface area (Å²) in [5.41, 5.74) is 3.17. The Labute approximate surface area is 218 Å². The minimum atomic E-state index is -1.12. The van der Waals surface area contributed by atoms with Crippen molar-refractivity contribution in [3.05, 3.63) is 77.6 Å². The lowest BCUT2D eigenvalue weighted by atomic mass is 9.78. The number of likely N-dealkylation sites (N-methyl/N-ethyl adjacent to an activating group) is 1. The summed E-state index contributed by atoms with van der Waals surface area (Å²) in [5, 5.41) is 19.5. The van der Waals surface area contributed by atoms with Gasteiger partial charge in [-0.05, 0) is 56.3 Å². The van der Waals surface area contributed by atoms with Gasteiger partial charge in [0.25, 0.3) is 5.91 Å². The molecule has 0 atom stereocenters. The molecule has 0 radical (unpaired) electrons. The number of amides is 1. The van der Waals surface area contributed by atoms with Crippen LogP contribution in [-0.2, 0) is 17.6 Å². The van der Waals surface area contributed by atoms with Crippen molar-refractivity contribution in [2.45, 2.75) is 45.3 Å². The smallest absolute Gasteiger partial charge is 0.256 e. The first-order valence-corrected chi connectivity index (χ1v) is 12.3. The lowest BCUT2D eigenvalue weighted by molar-refractivity contribution is 0.0740. The Bertz CT molecular complexity index is 1310. The number of rotatable bonds is 8. The third-order valence-electron chi connectivity index (χ3n) is 6.26. The van der Waals surface area contributed by atoms with Crippen LogP contribution in [-0.4, -0.2) is 51.0 Å². The van der Waals surface area contributed by atoms with Crippen molar-refractivity contribution in [3.8, 4) is 0 Å². The minimum Gasteiger partial charge on any atom is -0.384 e. The Hall–Kier alpha value is -3.82. The molecule has 4 rings (SSSR count). The van der Waals surface area contributed by atoms with Crippen LogP contribution in [0.5, 0.6) is 0 Å². The van der Waals surface area contributed by atoms with Gasteiger partial charge in [0.05, 0.1) is 5.69 Å². The van der Waals surface area contributed by atoms with Gasteiger partial charge >= 0.3 is 0 Å². The molecule has 1 aromatic carbocycles. The number of hydrogen-bond acceptors (Lipinski definition) is 8. The fraction of sp³-hybridized carbons (Fsp3) is 0.357. The number of carbonyl (C=O) groups excluding carboxylic acids is 1. The van der Waals surface area contributed by atoms with Gasteiger partial charge < -0.3 is 26.0 Å². The molecule has 9 heteroatoms. The average molecular weight is 502 g/mol. The highest BCUT2D eigenvalue weighted by Gasteiger charge is 2.30. The van der Waals surface area contributed by atoms with Crippen LogP contribution in [0, 0.1) is 0 Å². The van der Waals surface area contributed by atoms with E-state index in [-0.39, 0.29) is 16.9 Å². The maximum Gasteiger partial charge on any atom is 0.256 e. The first-order chi connectivity index (χ1) is 17.5. The van der Waals surface area contributed by atoms with E-state index >= 15 is 0 Å². The van der Waals surface area contributed by atoms with Crippen molar-refractivity contribution in [2.75, 3.05) is 30.8 Å². The third kappa shape index (κ3) is 6.12. The molecule has 3 aromatic rings. The molecule has 0 aliphatic carbocycles. The van der Waals surface area contributed by atoms with Crippen LogP contribution in [0.3, 0.4) is 0 Å². The Kier molecular flexibility index (Phi) is 7.29. The molecule has 0 bridgehead atoms. The predicted octanol–water partition coefficient (Wildman–Crippen LogP) is 4.23. The van der Waals surface area contributed by atoms with Gasteiger partial charge in [0, 0.05) is 36.9 Å². The van der Waals surface area contributed by atoms with E-state index in [9.17, 15) is 9.90 Å². The van der Waals surface area contributed by atoms with Crippen LogP contribution >= 0.6 is 0 Å². The van der Waals surface area contributed by atoms with Gasteiger partial charge in [0.2, 0.25) is 5.95 Å². The second-order valence-corrected chi connectivity index (χ2v) is 10.6. The van der Waals surface area contributed by atoms with Gasteiger partial charge in [-0.15, -0.1) is 6.58 Å². The first-order valence-electron chi connectivity index (χ1n) is 12.3. The fourth-order valence-electron chi connectivity index (χ4n) is 4.63. The number of nitrogens with zero attached hydrogens (tertiary/aromatic N) is 4. The topological polar surface area (TPSA) is 115 Å². The molecule has 1 amide bonds. The molecule has 0 saturated carbocycles. The molecule has 9 nitrogen and oxygen atoms in total. The van der Waals surface area contributed by atoms with Gasteiger partial charge in [0.15, 0.2) is 0 Å². The molecule has 0 fully saturated rings. The largest absolute Gasteiger partial charge is 0.384 e. The summed E-state index contributed by atoms with van der Waals surface area (Å²) < 4.78 is 0. The summed E-state index contributed by atoms with van der Waals surface area (Å²) in [6, 6.07) is 11.6. The second kappa shape index (κ2) is 10.3. The van der Waals surface area contributed by atoms with Crippen LogP contribution < -0.4 is 16.0 Å². The first kappa shape index (κ1) is 26.2. The SMILES string of the molecule is C=CCNC(=O)c1cnc(Nc2ccc3c(c2)CN(C)CC3(C)C)nc1Nc1cccc(C(C)(C)O)n1. The number of pyridine rings is 1. The van der Waals surface area contributed by atoms with E-state index in [4.69, 9.17) is 0 Å². The molecule has 0 saturated heterocycles. The number of hydrogen-bond donors (Lipinski definition) is 4. The van der Waals surface area contributed by atoms with Crippen molar-refractivity contribution >= 4 is 29.2 Å². The van der Waals surface area contributed by atoms with Crippen LogP contribution in [0.2, 0.25) is 0 Å². The molecule has 3 heterocycles. The maximum absolute atomic E-state index is 12.8. The van der Waals surface area contributed by atoms with E-state index in [1.54, 1.807) is 38.1 Å². The number of aromatic nitrogens is 3. The highest BCUT2D eigenvalue weighted by atomic mass is 16.3. The Morgan fingerprint density at radius 2 is 2.00 bits per heavy atom. The molecule has 4 N–H and O–H groups in total. The van der Waals surface area contributed by atoms with Crippen LogP contribution in [0.25, 0.3) is 0 Å². The predicted molar refractivity (Wildman–Crippen MR) is 146 cm³/mol. The fourth-order valence-corrected chi connectivity index (χ4v) is 4.63. The van der Waals surface area contributed by atoms with Gasteiger partial charge in [-0.1, -0.05) is 32.1 Å². The van der Waals surface area contributed by atoms with Crippen molar-refractivity contribution in [2.24, 2.45) is 0 Å². The highest BCUT2D eigenvalue weighted by molar-refractivity contribution is 5.99. The Morgan fingerprint density at radius 1 is 1.22 bits per heavy atom. The minimum absolute atomic E-state index is 0.0690. The average Bonchev–Trinajstić information content (AvgIpc) is 2.81. The normalized spacial score (nSPS) is 15.0. The van der Waals surface area contributed by atoms with Gasteiger partial charge in [-0.2, -0.15) is 4.98 Å². The number of aliphatic hydroxyl groups is 1. The zero-order valence-electron chi connectivity index (χ0n) is 22.1. The molecule has 37 heavy (non-hydrogen) atoms. The van der Waals surface area contributed by atoms with Gasteiger partial charge in [-0.3, -0.25) is 4.79 Å². The molecule has 0 spiro atoms. The lowest BCUT2D eigenvalue weighted by Gasteiger charge is -2.38. The van der Waals surface area contributed by atoms with E-state index in [1.807, 2.05) is 6.07 Å². The highest BCUT2D eigenvalue weighted by Crippen LogP contribution is 2.34. The molecule has 0 unspecified atom stereocenters. The van der Waals surface area contributed by atoms with E-state index < -0.39 is 5.60 Å². The maximum atomic E-state index is 12.8. The summed E-state index contributed by atoms with van der Waals surface area (Å²) in [5.74, 6) is 0.732. The molecule has 1 aliphatic rings. The molecular formula is C28H35N7O2. The van der Waals surface area contributed by atoms with Gasteiger partial charge in [-0.25, -0.2) is 9.97 Å². The lowest BCUT2D eigenvalue weighted by Crippen LogP contribution is -2.39. The van der Waals surface area contributed by atoms with E-state index in [1.165, 1.54) is 17.3 Å². The van der Waals surface area contributed by atoms with Crippen LogP contribution in [0.4, 0.5) is 23.3 Å². The summed E-state index contributed by atoms with van der Waals surface area (Å²) in [6.07, 6.45) is 3.08. The van der Waals surface area contributed by atoms with E-state index in [0.717, 1.165) is 18.8 Å². The van der Waals surface area contributed by atoms with Gasteiger partial charge in [0.1, 0.15) is 22.8 Å². The number of carbonyl (C=O) groups is 1. The zero-order valence-corrected chi connectivity index (χ0v) is 22.1. The zero-order chi connectivity index (χ0) is 26.8. The molecule has 2 aromatic heterocycles. The summed E-state index contributed by atoms with van der Waals surface area (Å²) in [7, 11) is 2.13. The molecule has 194 valence electrons. The number of nitrogens with one attached hydrogen (secondary N) is 3. The van der Waals surface area contributed by atoms with E-state index in [2.05, 4.69) is 75.4 Å². The number of anilines is 4. The van der Waals surface area contributed by atoms with Crippen molar-refractivity contribution in [1.82, 2.24) is 25.2 Å². The second-order valence-electron chi connectivity index (χ2n) is 10.6. The number of fused-ring (bicyclic) bond motifs is 1. The van der Waals surface area contributed by atoms with Crippen LogP contribution in [0.1, 0.15) is 54.9 Å². The molecular weight excluding hydrogens is 466 g/mol. The standard InChI is InChI=1S/C28H35N7O2/c1-7-13-29-25(36)20-15-30-26(34-24(20)33-23-10-8-9-22(32-23)28(4,5)37)31-19-11-12-21-18(14-19)16-35(6)17-27(21,2)3/h7-12,14-15,37H,1,13,16-17H2,2-6H3,(H,29,36)(H2,30,31,32,33,34). The van der Waals surface area contributed by atoms with Crippen LogP contribution in [0.15, 0.2) is 55.3 Å². The van der Waals surface area contributed by atoms with Crippen molar-refractivity contribution in [3.63, 3.8) is 0 Å². The summed E-state index contributed by atoms with van der Waals surface area (Å²) in [4.78, 5) is 28.6. The number of benzene rings is 1. The Balaban J connectivity index is 1.66. The van der Waals surface area contributed by atoms with E-state index in [0.29, 0.717) is 29.8 Å². The summed E-state index contributed by atoms with van der Waals surface area (Å²) >= 11 is 0. The van der Waals surface area contributed by atoms with Crippen molar-refractivity contribution < 1.29 is 9.90 Å². The third-order valence-corrected chi connectivity index (χ3v) is 6.26. The quantitative estimate of drug-likeness (QED) is 0.339. The van der Waals surface area contributed by atoms with Crippen molar-refractivity contribution in [1.29, 1.82) is 0 Å². The Morgan fingerprint density at radius 3 is 2.73 bits per heavy atom. The summed E-state index contributed by atoms with van der Waals surface area (Å²) in [6.45, 7) is 13.7. The monoisotopic (exact) mass is 501 g/mol.